The van der Waals surface area contributed by atoms with E-state index in [1.54, 1.807) is 17.4 Å². The van der Waals surface area contributed by atoms with Gasteiger partial charge >= 0.3 is 0 Å². The average Bonchev–Trinajstić information content (AvgIpc) is 2.89. The number of rotatable bonds is 6. The van der Waals surface area contributed by atoms with Crippen molar-refractivity contribution in [2.24, 2.45) is 0 Å². The summed E-state index contributed by atoms with van der Waals surface area (Å²) < 4.78 is 28.3. The van der Waals surface area contributed by atoms with Gasteiger partial charge in [0.05, 0.1) is 4.90 Å². The minimum Gasteiger partial charge on any atom is -0.310 e. The highest BCUT2D eigenvalue weighted by atomic mass is 32.2. The van der Waals surface area contributed by atoms with Crippen LogP contribution in [0.4, 0.5) is 0 Å². The van der Waals surface area contributed by atoms with Crippen LogP contribution in [0.2, 0.25) is 0 Å². The lowest BCUT2D eigenvalue weighted by molar-refractivity contribution is 0.141. The van der Waals surface area contributed by atoms with E-state index in [2.05, 4.69) is 28.8 Å². The van der Waals surface area contributed by atoms with Crippen LogP contribution in [-0.4, -0.2) is 50.6 Å². The van der Waals surface area contributed by atoms with Crippen LogP contribution in [0, 0.1) is 13.8 Å². The van der Waals surface area contributed by atoms with E-state index in [-0.39, 0.29) is 12.1 Å². The van der Waals surface area contributed by atoms with Crippen LogP contribution in [0.3, 0.4) is 0 Å². The molecule has 2 fully saturated rings. The summed E-state index contributed by atoms with van der Waals surface area (Å²) in [6, 6.07) is 3.20. The summed E-state index contributed by atoms with van der Waals surface area (Å²) in [5.41, 5.74) is 0. The van der Waals surface area contributed by atoms with Gasteiger partial charge in [-0.15, -0.1) is 11.3 Å². The van der Waals surface area contributed by atoms with Crippen LogP contribution in [0.5, 0.6) is 0 Å². The molecule has 1 aromatic heterocycles. The van der Waals surface area contributed by atoms with E-state index in [0.29, 0.717) is 17.0 Å². The van der Waals surface area contributed by atoms with Crippen LogP contribution in [0.25, 0.3) is 0 Å². The molecule has 142 valence electrons. The molecule has 2 N–H and O–H groups in total. The molecule has 0 unspecified atom stereocenters. The first kappa shape index (κ1) is 19.3. The maximum Gasteiger partial charge on any atom is 0.241 e. The zero-order chi connectivity index (χ0) is 18.2. The van der Waals surface area contributed by atoms with Crippen molar-refractivity contribution < 1.29 is 8.42 Å². The van der Waals surface area contributed by atoms with Crippen LogP contribution in [-0.2, 0) is 10.0 Å². The highest BCUT2D eigenvalue weighted by Crippen LogP contribution is 2.28. The lowest BCUT2D eigenvalue weighted by Crippen LogP contribution is -2.60. The molecule has 0 aromatic carbocycles. The smallest absolute Gasteiger partial charge is 0.241 e. The van der Waals surface area contributed by atoms with E-state index < -0.39 is 10.0 Å². The molecule has 1 saturated heterocycles. The zero-order valence-corrected chi connectivity index (χ0v) is 17.3. The largest absolute Gasteiger partial charge is 0.310 e. The Morgan fingerprint density at radius 1 is 1.12 bits per heavy atom. The maximum absolute atomic E-state index is 12.7. The van der Waals surface area contributed by atoms with Gasteiger partial charge in [-0.2, -0.15) is 0 Å². The van der Waals surface area contributed by atoms with Gasteiger partial charge in [-0.3, -0.25) is 0 Å². The number of hydrogen-bond acceptors (Lipinski definition) is 5. The van der Waals surface area contributed by atoms with Crippen molar-refractivity contribution in [1.82, 2.24) is 14.9 Å². The molecule has 1 aromatic rings. The number of thiophene rings is 1. The van der Waals surface area contributed by atoms with Gasteiger partial charge in [-0.25, -0.2) is 13.1 Å². The van der Waals surface area contributed by atoms with Gasteiger partial charge in [0.25, 0.3) is 0 Å². The van der Waals surface area contributed by atoms with E-state index in [0.717, 1.165) is 48.5 Å². The van der Waals surface area contributed by atoms with Crippen LogP contribution >= 0.6 is 11.3 Å². The second-order valence-electron chi connectivity index (χ2n) is 7.76. The molecule has 0 bridgehead atoms. The quantitative estimate of drug-likeness (QED) is 0.790. The predicted octanol–water partition coefficient (Wildman–Crippen LogP) is 2.64. The van der Waals surface area contributed by atoms with Crippen molar-refractivity contribution in [2.45, 2.75) is 82.4 Å². The summed E-state index contributed by atoms with van der Waals surface area (Å²) in [4.78, 5) is 4.87. The molecule has 2 aliphatic rings. The highest BCUT2D eigenvalue weighted by molar-refractivity contribution is 7.89. The second kappa shape index (κ2) is 7.64. The summed E-state index contributed by atoms with van der Waals surface area (Å²) in [6.45, 7) is 10.6. The Kier molecular flexibility index (Phi) is 5.90. The predicted molar refractivity (Wildman–Crippen MR) is 104 cm³/mol. The molecule has 5 nitrogen and oxygen atoms in total. The lowest BCUT2D eigenvalue weighted by atomic mass is 9.86. The van der Waals surface area contributed by atoms with E-state index in [4.69, 9.17) is 0 Å². The van der Waals surface area contributed by atoms with Crippen LogP contribution < -0.4 is 10.0 Å². The van der Waals surface area contributed by atoms with Gasteiger partial charge in [0.1, 0.15) is 0 Å². The molecule has 1 saturated carbocycles. The minimum atomic E-state index is -3.41. The average molecular weight is 386 g/mol. The molecule has 0 radical (unpaired) electrons. The van der Waals surface area contributed by atoms with Crippen molar-refractivity contribution in [3.63, 3.8) is 0 Å². The fourth-order valence-electron chi connectivity index (χ4n) is 3.86. The monoisotopic (exact) mass is 385 g/mol. The number of sulfonamides is 1. The molecule has 1 aliphatic carbocycles. The van der Waals surface area contributed by atoms with E-state index in [1.807, 2.05) is 13.8 Å². The van der Waals surface area contributed by atoms with Crippen LogP contribution in [0.1, 0.15) is 49.3 Å². The van der Waals surface area contributed by atoms with E-state index in [9.17, 15) is 8.42 Å². The first-order valence-corrected chi connectivity index (χ1v) is 11.7. The van der Waals surface area contributed by atoms with Crippen molar-refractivity contribution in [3.05, 3.63) is 15.8 Å². The number of aryl methyl sites for hydroxylation is 2. The second-order valence-corrected chi connectivity index (χ2v) is 10.9. The van der Waals surface area contributed by atoms with Crippen molar-refractivity contribution in [3.8, 4) is 0 Å². The number of nitrogens with one attached hydrogen (secondary N) is 2. The van der Waals surface area contributed by atoms with Gasteiger partial charge < -0.3 is 10.2 Å². The molecule has 2 heterocycles. The van der Waals surface area contributed by atoms with E-state index >= 15 is 0 Å². The normalized spacial score (nSPS) is 26.1. The first-order chi connectivity index (χ1) is 11.8. The molecule has 0 amide bonds. The Morgan fingerprint density at radius 3 is 2.24 bits per heavy atom. The van der Waals surface area contributed by atoms with Gasteiger partial charge in [-0.05, 0) is 72.5 Å². The van der Waals surface area contributed by atoms with Crippen LogP contribution in [0.15, 0.2) is 11.0 Å². The van der Waals surface area contributed by atoms with Crippen molar-refractivity contribution >= 4 is 21.4 Å². The highest BCUT2D eigenvalue weighted by Gasteiger charge is 2.36. The molecule has 0 spiro atoms. The summed E-state index contributed by atoms with van der Waals surface area (Å²) in [6.07, 6.45) is 4.27. The van der Waals surface area contributed by atoms with Gasteiger partial charge in [0.15, 0.2) is 0 Å². The van der Waals surface area contributed by atoms with Gasteiger partial charge in [0, 0.05) is 33.9 Å². The van der Waals surface area contributed by atoms with E-state index in [1.165, 1.54) is 0 Å². The molecule has 25 heavy (non-hydrogen) atoms. The number of hydrogen-bond donors (Lipinski definition) is 2. The van der Waals surface area contributed by atoms with Gasteiger partial charge in [0.2, 0.25) is 10.0 Å². The third-order valence-corrected chi connectivity index (χ3v) is 8.29. The molecule has 7 heteroatoms. The fraction of sp³-hybridized carbons (Fsp3) is 0.778. The minimum absolute atomic E-state index is 0.0211. The molecule has 1 aliphatic heterocycles. The first-order valence-electron chi connectivity index (χ1n) is 9.35. The zero-order valence-electron chi connectivity index (χ0n) is 15.7. The van der Waals surface area contributed by atoms with Gasteiger partial charge in [-0.1, -0.05) is 0 Å². The number of likely N-dealkylation sites (tertiary alicyclic amines) is 1. The number of nitrogens with zero attached hydrogens (tertiary/aromatic N) is 1. The molecular weight excluding hydrogens is 354 g/mol. The standard InChI is InChI=1S/C18H31N3O2S2/c1-12(2)21-9-7-15(8-10-21)19-16-5-6-17(16)20-25(22,23)18-11-13(3)24-14(18)4/h11-12,15-17,19-20H,5-10H2,1-4H3/t16-,17+/m1/s1. The molecule has 2 atom stereocenters. The Labute approximate surface area is 156 Å². The van der Waals surface area contributed by atoms with Crippen molar-refractivity contribution in [2.75, 3.05) is 13.1 Å². The summed E-state index contributed by atoms with van der Waals surface area (Å²) >= 11 is 1.54. The summed E-state index contributed by atoms with van der Waals surface area (Å²) in [5.74, 6) is 0. The third kappa shape index (κ3) is 4.45. The lowest BCUT2D eigenvalue weighted by Gasteiger charge is -2.42. The molecular formula is C18H31N3O2S2. The fourth-order valence-corrected chi connectivity index (χ4v) is 6.73. The SMILES string of the molecule is Cc1cc(S(=O)(=O)N[C@H]2CC[C@H]2NC2CCN(C(C)C)CC2)c(C)s1. The van der Waals surface area contributed by atoms with Crippen molar-refractivity contribution in [1.29, 1.82) is 0 Å². The maximum atomic E-state index is 12.7. The Balaban J connectivity index is 1.54. The topological polar surface area (TPSA) is 61.4 Å². The summed E-state index contributed by atoms with van der Waals surface area (Å²) in [5, 5.41) is 3.71. The number of piperidine rings is 1. The Bertz CT molecular complexity index is 691. The Morgan fingerprint density at radius 2 is 1.76 bits per heavy atom. The third-order valence-electron chi connectivity index (χ3n) is 5.58. The molecule has 3 rings (SSSR count). The summed E-state index contributed by atoms with van der Waals surface area (Å²) in [7, 11) is -3.41. The Hall–Kier alpha value is -0.470.